The fourth-order valence-electron chi connectivity index (χ4n) is 0.174. The standard InChI is InChI=1S/C4H9O3P/c1-3-4-7-8(2,5)6/h3-4H,1-2H3,(H,5,6). The van der Waals surface area contributed by atoms with Crippen molar-refractivity contribution in [2.75, 3.05) is 6.66 Å². The molecule has 0 amide bonds. The lowest BCUT2D eigenvalue weighted by Gasteiger charge is -2.00. The Morgan fingerprint density at radius 2 is 2.25 bits per heavy atom. The van der Waals surface area contributed by atoms with Gasteiger partial charge in [0.05, 0.1) is 6.26 Å². The van der Waals surface area contributed by atoms with Crippen LogP contribution in [0.25, 0.3) is 0 Å². The van der Waals surface area contributed by atoms with Gasteiger partial charge in [-0.1, -0.05) is 6.08 Å². The summed E-state index contributed by atoms with van der Waals surface area (Å²) in [5.41, 5.74) is 0. The van der Waals surface area contributed by atoms with Crippen LogP contribution in [0.3, 0.4) is 0 Å². The van der Waals surface area contributed by atoms with Gasteiger partial charge in [0.15, 0.2) is 0 Å². The van der Waals surface area contributed by atoms with Gasteiger partial charge < -0.3 is 9.42 Å². The van der Waals surface area contributed by atoms with Crippen molar-refractivity contribution in [3.8, 4) is 0 Å². The molecule has 0 aliphatic carbocycles. The van der Waals surface area contributed by atoms with E-state index >= 15 is 0 Å². The summed E-state index contributed by atoms with van der Waals surface area (Å²) < 4.78 is 14.6. The highest BCUT2D eigenvalue weighted by atomic mass is 31.2. The van der Waals surface area contributed by atoms with Crippen molar-refractivity contribution in [2.24, 2.45) is 0 Å². The third kappa shape index (κ3) is 5.73. The first-order chi connectivity index (χ1) is 3.56. The van der Waals surface area contributed by atoms with E-state index in [-0.39, 0.29) is 0 Å². The minimum atomic E-state index is -3.27. The maximum Gasteiger partial charge on any atom is 0.372 e. The van der Waals surface area contributed by atoms with E-state index in [4.69, 9.17) is 4.89 Å². The van der Waals surface area contributed by atoms with Gasteiger partial charge in [0.1, 0.15) is 0 Å². The molecule has 0 bridgehead atoms. The van der Waals surface area contributed by atoms with Crippen molar-refractivity contribution in [1.29, 1.82) is 0 Å². The quantitative estimate of drug-likeness (QED) is 0.460. The molecular formula is C4H9O3P. The summed E-state index contributed by atoms with van der Waals surface area (Å²) in [5, 5.41) is 0. The summed E-state index contributed by atoms with van der Waals surface area (Å²) in [6.07, 6.45) is 2.74. The van der Waals surface area contributed by atoms with Crippen LogP contribution in [0.15, 0.2) is 12.3 Å². The van der Waals surface area contributed by atoms with Gasteiger partial charge in [-0.05, 0) is 6.92 Å². The summed E-state index contributed by atoms with van der Waals surface area (Å²) >= 11 is 0. The first-order valence-corrected chi connectivity index (χ1v) is 4.18. The predicted molar refractivity (Wildman–Crippen MR) is 31.6 cm³/mol. The molecule has 0 rings (SSSR count). The van der Waals surface area contributed by atoms with Crippen LogP contribution in [0.4, 0.5) is 0 Å². The van der Waals surface area contributed by atoms with Gasteiger partial charge in [-0.15, -0.1) is 0 Å². The van der Waals surface area contributed by atoms with Crippen LogP contribution in [0.2, 0.25) is 0 Å². The van der Waals surface area contributed by atoms with Crippen molar-refractivity contribution in [1.82, 2.24) is 0 Å². The van der Waals surface area contributed by atoms with Crippen molar-refractivity contribution in [3.05, 3.63) is 12.3 Å². The largest absolute Gasteiger partial charge is 0.433 e. The monoisotopic (exact) mass is 136 g/mol. The van der Waals surface area contributed by atoms with Crippen LogP contribution in [0.5, 0.6) is 0 Å². The fourth-order valence-corrected chi connectivity index (χ4v) is 0.521. The summed E-state index contributed by atoms with van der Waals surface area (Å²) in [6, 6.07) is 0. The predicted octanol–water partition coefficient (Wildman–Crippen LogP) is 1.35. The van der Waals surface area contributed by atoms with E-state index in [2.05, 4.69) is 4.52 Å². The van der Waals surface area contributed by atoms with Crippen molar-refractivity contribution in [2.45, 2.75) is 6.92 Å². The first-order valence-electron chi connectivity index (χ1n) is 2.16. The van der Waals surface area contributed by atoms with Crippen molar-refractivity contribution < 1.29 is 14.0 Å². The maximum absolute atomic E-state index is 10.3. The van der Waals surface area contributed by atoms with Gasteiger partial charge in [0.2, 0.25) is 0 Å². The minimum absolute atomic E-state index is 1.13. The lowest BCUT2D eigenvalue weighted by atomic mass is 10.8. The normalized spacial score (nSPS) is 18.4. The van der Waals surface area contributed by atoms with E-state index in [9.17, 15) is 4.57 Å². The van der Waals surface area contributed by atoms with Crippen molar-refractivity contribution in [3.63, 3.8) is 0 Å². The molecule has 0 saturated heterocycles. The molecule has 0 aromatic heterocycles. The average molecular weight is 136 g/mol. The Balaban J connectivity index is 3.57. The van der Waals surface area contributed by atoms with Crippen LogP contribution in [-0.2, 0) is 9.09 Å². The summed E-state index contributed by atoms with van der Waals surface area (Å²) in [4.78, 5) is 8.43. The maximum atomic E-state index is 10.3. The Morgan fingerprint density at radius 3 is 2.38 bits per heavy atom. The van der Waals surface area contributed by atoms with E-state index < -0.39 is 7.60 Å². The zero-order valence-electron chi connectivity index (χ0n) is 4.87. The molecule has 0 heterocycles. The second kappa shape index (κ2) is 2.90. The summed E-state index contributed by atoms with van der Waals surface area (Å²) in [6.45, 7) is 2.84. The second-order valence-electron chi connectivity index (χ2n) is 1.38. The van der Waals surface area contributed by atoms with Crippen LogP contribution < -0.4 is 0 Å². The zero-order chi connectivity index (χ0) is 6.62. The topological polar surface area (TPSA) is 46.5 Å². The van der Waals surface area contributed by atoms with E-state index in [1.165, 1.54) is 6.26 Å². The average Bonchev–Trinajstić information content (AvgIpc) is 1.59. The van der Waals surface area contributed by atoms with Crippen LogP contribution in [0.1, 0.15) is 6.92 Å². The zero-order valence-corrected chi connectivity index (χ0v) is 5.76. The lowest BCUT2D eigenvalue weighted by Crippen LogP contribution is -1.75. The molecule has 0 spiro atoms. The molecular weight excluding hydrogens is 127 g/mol. The molecule has 4 heteroatoms. The Kier molecular flexibility index (Phi) is 2.80. The molecule has 1 N–H and O–H groups in total. The highest BCUT2D eigenvalue weighted by molar-refractivity contribution is 7.52. The van der Waals surface area contributed by atoms with Gasteiger partial charge >= 0.3 is 7.60 Å². The Bertz CT molecular complexity index is 123. The number of rotatable bonds is 2. The molecule has 3 nitrogen and oxygen atoms in total. The third-order valence-electron chi connectivity index (χ3n) is 0.393. The molecule has 48 valence electrons. The molecule has 0 fully saturated rings. The van der Waals surface area contributed by atoms with Crippen LogP contribution >= 0.6 is 7.60 Å². The SMILES string of the molecule is CC=COP(C)(=O)O. The van der Waals surface area contributed by atoms with Crippen LogP contribution in [-0.4, -0.2) is 11.6 Å². The smallest absolute Gasteiger partial charge is 0.372 e. The molecule has 0 aromatic rings. The van der Waals surface area contributed by atoms with Gasteiger partial charge in [0, 0.05) is 6.66 Å². The Hall–Kier alpha value is -0.270. The van der Waals surface area contributed by atoms with E-state index in [1.54, 1.807) is 13.0 Å². The molecule has 8 heavy (non-hydrogen) atoms. The van der Waals surface area contributed by atoms with E-state index in [1.807, 2.05) is 0 Å². The minimum Gasteiger partial charge on any atom is -0.433 e. The van der Waals surface area contributed by atoms with E-state index in [0.717, 1.165) is 6.66 Å². The first kappa shape index (κ1) is 7.73. The molecule has 0 aliphatic rings. The molecule has 0 aliphatic heterocycles. The molecule has 1 atom stereocenters. The summed E-state index contributed by atoms with van der Waals surface area (Å²) in [7, 11) is -3.27. The van der Waals surface area contributed by atoms with Gasteiger partial charge in [0.25, 0.3) is 0 Å². The fraction of sp³-hybridized carbons (Fsp3) is 0.500. The molecule has 0 aromatic carbocycles. The van der Waals surface area contributed by atoms with E-state index in [0.29, 0.717) is 0 Å². The Morgan fingerprint density at radius 1 is 1.75 bits per heavy atom. The van der Waals surface area contributed by atoms with Crippen molar-refractivity contribution >= 4 is 7.60 Å². The Labute approximate surface area is 48.5 Å². The third-order valence-corrected chi connectivity index (χ3v) is 0.905. The highest BCUT2D eigenvalue weighted by Crippen LogP contribution is 2.36. The van der Waals surface area contributed by atoms with Gasteiger partial charge in [-0.25, -0.2) is 4.57 Å². The van der Waals surface area contributed by atoms with Gasteiger partial charge in [-0.3, -0.25) is 0 Å². The molecule has 0 saturated carbocycles. The number of hydrogen-bond acceptors (Lipinski definition) is 2. The summed E-state index contributed by atoms with van der Waals surface area (Å²) in [5.74, 6) is 0. The molecule has 0 radical (unpaired) electrons. The second-order valence-corrected chi connectivity index (χ2v) is 3.19. The highest BCUT2D eigenvalue weighted by Gasteiger charge is 2.05. The van der Waals surface area contributed by atoms with Gasteiger partial charge in [-0.2, -0.15) is 0 Å². The van der Waals surface area contributed by atoms with Crippen LogP contribution in [0, 0.1) is 0 Å². The number of allylic oxidation sites excluding steroid dienone is 1. The lowest BCUT2D eigenvalue weighted by molar-refractivity contribution is 0.355. The number of hydrogen-bond donors (Lipinski definition) is 1. The molecule has 1 unspecified atom stereocenters.